The van der Waals surface area contributed by atoms with Crippen LogP contribution in [-0.4, -0.2) is 36.8 Å². The molecule has 0 aliphatic heterocycles. The maximum atomic E-state index is 5.40. The summed E-state index contributed by atoms with van der Waals surface area (Å²) in [6.45, 7) is 3.14. The summed E-state index contributed by atoms with van der Waals surface area (Å²) in [7, 11) is 3.86. The Morgan fingerprint density at radius 3 is 2.76 bits per heavy atom. The first-order valence-corrected chi connectivity index (χ1v) is 6.46. The molecule has 0 bridgehead atoms. The number of rotatable bonds is 4. The van der Waals surface area contributed by atoms with Crippen molar-refractivity contribution in [3.63, 3.8) is 0 Å². The lowest BCUT2D eigenvalue weighted by atomic mass is 9.84. The van der Waals surface area contributed by atoms with Crippen LogP contribution in [-0.2, 0) is 0 Å². The minimum atomic E-state index is 0.380. The summed E-state index contributed by atoms with van der Waals surface area (Å²) < 4.78 is 5.40. The van der Waals surface area contributed by atoms with Gasteiger partial charge in [-0.1, -0.05) is 19.8 Å². The minimum absolute atomic E-state index is 0.380. The molecule has 1 saturated carbocycles. The van der Waals surface area contributed by atoms with E-state index in [-0.39, 0.29) is 0 Å². The standard InChI is InChI=1S/C12H22N4O/c1-4-13-10-8-6-5-7-9(10)11-14-12(15-17-11)16(2)3/h9-10,13H,4-8H2,1-3H3. The zero-order chi connectivity index (χ0) is 12.3. The number of likely N-dealkylation sites (N-methyl/N-ethyl adjacent to an activating group) is 1. The molecule has 5 heteroatoms. The molecule has 2 unspecified atom stereocenters. The van der Waals surface area contributed by atoms with Crippen molar-refractivity contribution in [2.75, 3.05) is 25.5 Å². The highest BCUT2D eigenvalue weighted by Gasteiger charge is 2.30. The molecule has 0 spiro atoms. The largest absolute Gasteiger partial charge is 0.344 e. The van der Waals surface area contributed by atoms with E-state index >= 15 is 0 Å². The number of nitrogens with zero attached hydrogens (tertiary/aromatic N) is 3. The Hall–Kier alpha value is -1.10. The van der Waals surface area contributed by atoms with Gasteiger partial charge >= 0.3 is 0 Å². The molecule has 0 aromatic carbocycles. The highest BCUT2D eigenvalue weighted by molar-refractivity contribution is 5.24. The molecule has 2 rings (SSSR count). The molecule has 1 N–H and O–H groups in total. The Kier molecular flexibility index (Phi) is 3.99. The second-order valence-electron chi connectivity index (χ2n) is 4.88. The lowest BCUT2D eigenvalue weighted by Crippen LogP contribution is -2.37. The van der Waals surface area contributed by atoms with Gasteiger partial charge in [-0.3, -0.25) is 0 Å². The van der Waals surface area contributed by atoms with Crippen LogP contribution in [0.1, 0.15) is 44.4 Å². The molecule has 0 radical (unpaired) electrons. The Morgan fingerprint density at radius 1 is 1.35 bits per heavy atom. The number of hydrogen-bond acceptors (Lipinski definition) is 5. The molecule has 17 heavy (non-hydrogen) atoms. The molecular weight excluding hydrogens is 216 g/mol. The summed E-state index contributed by atoms with van der Waals surface area (Å²) in [4.78, 5) is 6.35. The summed E-state index contributed by atoms with van der Waals surface area (Å²) >= 11 is 0. The molecule has 0 amide bonds. The van der Waals surface area contributed by atoms with Gasteiger partial charge in [0.2, 0.25) is 5.89 Å². The first kappa shape index (κ1) is 12.4. The van der Waals surface area contributed by atoms with Crippen molar-refractivity contribution in [1.29, 1.82) is 0 Å². The monoisotopic (exact) mass is 238 g/mol. The molecule has 1 aliphatic carbocycles. The number of anilines is 1. The molecule has 1 aliphatic rings. The van der Waals surface area contributed by atoms with Gasteiger partial charge in [0.05, 0.1) is 5.92 Å². The van der Waals surface area contributed by atoms with Gasteiger partial charge in [-0.2, -0.15) is 4.98 Å². The summed E-state index contributed by atoms with van der Waals surface area (Å²) in [5, 5.41) is 7.53. The van der Waals surface area contributed by atoms with Gasteiger partial charge in [0, 0.05) is 20.1 Å². The second kappa shape index (κ2) is 5.49. The molecule has 0 saturated heterocycles. The highest BCUT2D eigenvalue weighted by atomic mass is 16.5. The molecule has 1 aromatic heterocycles. The van der Waals surface area contributed by atoms with Crippen LogP contribution in [0.5, 0.6) is 0 Å². The van der Waals surface area contributed by atoms with E-state index in [0.717, 1.165) is 18.9 Å². The van der Waals surface area contributed by atoms with Crippen molar-refractivity contribution < 1.29 is 4.52 Å². The predicted octanol–water partition coefficient (Wildman–Crippen LogP) is 1.77. The Morgan fingerprint density at radius 2 is 2.12 bits per heavy atom. The molecule has 2 atom stereocenters. The van der Waals surface area contributed by atoms with E-state index in [4.69, 9.17) is 4.52 Å². The number of hydrogen-bond donors (Lipinski definition) is 1. The van der Waals surface area contributed by atoms with E-state index in [1.807, 2.05) is 19.0 Å². The minimum Gasteiger partial charge on any atom is -0.344 e. The Bertz CT molecular complexity index is 348. The van der Waals surface area contributed by atoms with Gasteiger partial charge < -0.3 is 14.7 Å². The lowest BCUT2D eigenvalue weighted by Gasteiger charge is -2.29. The fourth-order valence-corrected chi connectivity index (χ4v) is 2.49. The Balaban J connectivity index is 2.11. The van der Waals surface area contributed by atoms with E-state index in [1.54, 1.807) is 0 Å². The molecule has 96 valence electrons. The van der Waals surface area contributed by atoms with Crippen LogP contribution >= 0.6 is 0 Å². The van der Waals surface area contributed by atoms with Crippen molar-refractivity contribution in [2.24, 2.45) is 0 Å². The van der Waals surface area contributed by atoms with Crippen LogP contribution < -0.4 is 10.2 Å². The van der Waals surface area contributed by atoms with Crippen molar-refractivity contribution in [3.8, 4) is 0 Å². The fourth-order valence-electron chi connectivity index (χ4n) is 2.49. The van der Waals surface area contributed by atoms with Crippen molar-refractivity contribution in [1.82, 2.24) is 15.5 Å². The first-order valence-electron chi connectivity index (χ1n) is 6.46. The van der Waals surface area contributed by atoms with Gasteiger partial charge in [0.25, 0.3) is 5.95 Å². The fraction of sp³-hybridized carbons (Fsp3) is 0.833. The summed E-state index contributed by atoms with van der Waals surface area (Å²) in [5.74, 6) is 1.84. The average Bonchev–Trinajstić information content (AvgIpc) is 2.79. The predicted molar refractivity (Wildman–Crippen MR) is 67.3 cm³/mol. The normalized spacial score (nSPS) is 24.9. The maximum Gasteiger partial charge on any atom is 0.265 e. The first-order chi connectivity index (χ1) is 8.22. The highest BCUT2D eigenvalue weighted by Crippen LogP contribution is 2.32. The van der Waals surface area contributed by atoms with Crippen molar-refractivity contribution >= 4 is 5.95 Å². The molecule has 5 nitrogen and oxygen atoms in total. The molecular formula is C12H22N4O. The van der Waals surface area contributed by atoms with Crippen LogP contribution in [0.3, 0.4) is 0 Å². The van der Waals surface area contributed by atoms with Gasteiger partial charge in [0.15, 0.2) is 0 Å². The third-order valence-corrected chi connectivity index (χ3v) is 3.38. The maximum absolute atomic E-state index is 5.40. The molecule has 1 aromatic rings. The third kappa shape index (κ3) is 2.77. The SMILES string of the molecule is CCNC1CCCCC1c1nc(N(C)C)no1. The van der Waals surface area contributed by atoms with Crippen LogP contribution in [0, 0.1) is 0 Å². The van der Waals surface area contributed by atoms with Gasteiger partial charge in [-0.15, -0.1) is 0 Å². The smallest absolute Gasteiger partial charge is 0.265 e. The van der Waals surface area contributed by atoms with Crippen LogP contribution in [0.4, 0.5) is 5.95 Å². The van der Waals surface area contributed by atoms with Gasteiger partial charge in [0.1, 0.15) is 0 Å². The van der Waals surface area contributed by atoms with E-state index in [2.05, 4.69) is 22.4 Å². The summed E-state index contributed by atoms with van der Waals surface area (Å²) in [5.41, 5.74) is 0. The van der Waals surface area contributed by atoms with Gasteiger partial charge in [-0.05, 0) is 24.5 Å². The quantitative estimate of drug-likeness (QED) is 0.866. The number of nitrogens with one attached hydrogen (secondary N) is 1. The van der Waals surface area contributed by atoms with Crippen LogP contribution in [0.25, 0.3) is 0 Å². The summed E-state index contributed by atoms with van der Waals surface area (Å²) in [6, 6.07) is 0.490. The second-order valence-corrected chi connectivity index (χ2v) is 4.88. The third-order valence-electron chi connectivity index (χ3n) is 3.38. The van der Waals surface area contributed by atoms with Gasteiger partial charge in [-0.25, -0.2) is 0 Å². The summed E-state index contributed by atoms with van der Waals surface area (Å²) in [6.07, 6.45) is 4.90. The van der Waals surface area contributed by atoms with Crippen LogP contribution in [0.2, 0.25) is 0 Å². The van der Waals surface area contributed by atoms with E-state index in [1.165, 1.54) is 19.3 Å². The van der Waals surface area contributed by atoms with Crippen molar-refractivity contribution in [3.05, 3.63) is 5.89 Å². The van der Waals surface area contributed by atoms with Crippen LogP contribution in [0.15, 0.2) is 4.52 Å². The van der Waals surface area contributed by atoms with E-state index in [9.17, 15) is 0 Å². The Labute approximate surface area is 103 Å². The van der Waals surface area contributed by atoms with E-state index < -0.39 is 0 Å². The zero-order valence-electron chi connectivity index (χ0n) is 10.9. The topological polar surface area (TPSA) is 54.2 Å². The lowest BCUT2D eigenvalue weighted by molar-refractivity contribution is 0.265. The van der Waals surface area contributed by atoms with Crippen molar-refractivity contribution in [2.45, 2.75) is 44.6 Å². The van der Waals surface area contributed by atoms with E-state index in [0.29, 0.717) is 17.9 Å². The molecule has 1 heterocycles. The zero-order valence-corrected chi connectivity index (χ0v) is 10.9. The number of aromatic nitrogens is 2. The molecule has 1 fully saturated rings. The average molecular weight is 238 g/mol.